The van der Waals surface area contributed by atoms with Crippen molar-refractivity contribution in [2.75, 3.05) is 0 Å². The number of imidazole rings is 1. The molecule has 0 aliphatic rings. The normalized spacial score (nSPS) is 10.3. The van der Waals surface area contributed by atoms with Crippen LogP contribution in [0.4, 0.5) is 0 Å². The van der Waals surface area contributed by atoms with Crippen molar-refractivity contribution < 1.29 is 4.79 Å². The third kappa shape index (κ3) is 2.73. The van der Waals surface area contributed by atoms with E-state index in [4.69, 9.17) is 0 Å². The van der Waals surface area contributed by atoms with Crippen LogP contribution in [0.2, 0.25) is 0 Å². The molecule has 0 amide bonds. The topological polar surface area (TPSA) is 45.8 Å². The number of aryl methyl sites for hydroxylation is 1. The quantitative estimate of drug-likeness (QED) is 0.651. The Morgan fingerprint density at radius 1 is 1.50 bits per heavy atom. The van der Waals surface area contributed by atoms with Gasteiger partial charge in [0, 0.05) is 4.90 Å². The second-order valence-electron chi connectivity index (χ2n) is 3.51. The van der Waals surface area contributed by atoms with E-state index in [1.807, 2.05) is 6.07 Å². The molecule has 3 nitrogen and oxygen atoms in total. The zero-order chi connectivity index (χ0) is 11.4. The van der Waals surface area contributed by atoms with Crippen molar-refractivity contribution in [3.05, 3.63) is 47.5 Å². The molecule has 0 bridgehead atoms. The number of hydrogen-bond donors (Lipinski definition) is 1. The molecule has 1 aromatic heterocycles. The first-order chi connectivity index (χ1) is 7.78. The predicted octanol–water partition coefficient (Wildman–Crippen LogP) is 2.82. The molecule has 2 rings (SSSR count). The minimum atomic E-state index is 0.528. The number of aromatic amines is 1. The molecule has 1 N–H and O–H groups in total. The van der Waals surface area contributed by atoms with E-state index in [0.717, 1.165) is 17.9 Å². The lowest BCUT2D eigenvalue weighted by atomic mass is 10.2. The molecule has 0 aliphatic carbocycles. The van der Waals surface area contributed by atoms with Gasteiger partial charge in [-0.25, -0.2) is 4.98 Å². The van der Waals surface area contributed by atoms with Gasteiger partial charge in [-0.15, -0.1) is 11.8 Å². The second kappa shape index (κ2) is 4.99. The average Bonchev–Trinajstić information content (AvgIpc) is 2.74. The van der Waals surface area contributed by atoms with Crippen molar-refractivity contribution in [3.63, 3.8) is 0 Å². The molecule has 0 radical (unpaired) electrons. The number of benzene rings is 1. The predicted molar refractivity (Wildman–Crippen MR) is 64.7 cm³/mol. The maximum atomic E-state index is 10.5. The third-order valence-electron chi connectivity index (χ3n) is 2.14. The monoisotopic (exact) mass is 232 g/mol. The largest absolute Gasteiger partial charge is 0.339 e. The standard InChI is InChI=1S/C12H12N2OS/c1-9-3-2-4-11(5-9)16-8-12-13-6-10(7-15)14-12/h2-7H,8H2,1H3,(H,13,14). The van der Waals surface area contributed by atoms with Gasteiger partial charge in [0.2, 0.25) is 0 Å². The molecule has 0 saturated heterocycles. The van der Waals surface area contributed by atoms with Gasteiger partial charge < -0.3 is 4.98 Å². The van der Waals surface area contributed by atoms with E-state index in [9.17, 15) is 4.79 Å². The van der Waals surface area contributed by atoms with Crippen molar-refractivity contribution in [2.45, 2.75) is 17.6 Å². The van der Waals surface area contributed by atoms with Crippen LogP contribution in [-0.2, 0) is 5.75 Å². The van der Waals surface area contributed by atoms with Gasteiger partial charge in [-0.05, 0) is 19.1 Å². The summed E-state index contributed by atoms with van der Waals surface area (Å²) in [6.45, 7) is 2.07. The Morgan fingerprint density at radius 3 is 3.06 bits per heavy atom. The molecule has 4 heteroatoms. The zero-order valence-corrected chi connectivity index (χ0v) is 9.75. The van der Waals surface area contributed by atoms with E-state index in [-0.39, 0.29) is 0 Å². The van der Waals surface area contributed by atoms with Crippen LogP contribution in [0.3, 0.4) is 0 Å². The Morgan fingerprint density at radius 2 is 2.38 bits per heavy atom. The van der Waals surface area contributed by atoms with Crippen LogP contribution >= 0.6 is 11.8 Å². The fourth-order valence-corrected chi connectivity index (χ4v) is 2.26. The number of carbonyl (C=O) groups excluding carboxylic acids is 1. The number of H-pyrrole nitrogens is 1. The summed E-state index contributed by atoms with van der Waals surface area (Å²) < 4.78 is 0. The second-order valence-corrected chi connectivity index (χ2v) is 4.56. The van der Waals surface area contributed by atoms with E-state index in [0.29, 0.717) is 5.69 Å². The van der Waals surface area contributed by atoms with Crippen molar-refractivity contribution in [2.24, 2.45) is 0 Å². The Balaban J connectivity index is 1.99. The Bertz CT molecular complexity index is 493. The molecule has 16 heavy (non-hydrogen) atoms. The lowest BCUT2D eigenvalue weighted by molar-refractivity contribution is 0.111. The van der Waals surface area contributed by atoms with Crippen LogP contribution in [0, 0.1) is 6.92 Å². The third-order valence-corrected chi connectivity index (χ3v) is 3.15. The van der Waals surface area contributed by atoms with E-state index in [1.165, 1.54) is 10.5 Å². The maximum Gasteiger partial charge on any atom is 0.167 e. The smallest absolute Gasteiger partial charge is 0.167 e. The summed E-state index contributed by atoms with van der Waals surface area (Å²) in [6, 6.07) is 8.31. The fraction of sp³-hybridized carbons (Fsp3) is 0.167. The van der Waals surface area contributed by atoms with Crippen molar-refractivity contribution in [1.29, 1.82) is 0 Å². The fourth-order valence-electron chi connectivity index (χ4n) is 1.37. The highest BCUT2D eigenvalue weighted by Crippen LogP contribution is 2.22. The van der Waals surface area contributed by atoms with Gasteiger partial charge in [0.1, 0.15) is 5.82 Å². The van der Waals surface area contributed by atoms with Crippen LogP contribution in [0.1, 0.15) is 21.9 Å². The van der Waals surface area contributed by atoms with E-state index in [2.05, 4.69) is 35.1 Å². The number of carbonyl (C=O) groups is 1. The number of aromatic nitrogens is 2. The van der Waals surface area contributed by atoms with Gasteiger partial charge >= 0.3 is 0 Å². The van der Waals surface area contributed by atoms with Gasteiger partial charge in [-0.2, -0.15) is 0 Å². The van der Waals surface area contributed by atoms with Gasteiger partial charge in [0.15, 0.2) is 6.29 Å². The lowest BCUT2D eigenvalue weighted by Crippen LogP contribution is -1.85. The van der Waals surface area contributed by atoms with E-state index < -0.39 is 0 Å². The summed E-state index contributed by atoms with van der Waals surface area (Å²) in [5.41, 5.74) is 1.78. The van der Waals surface area contributed by atoms with Gasteiger partial charge in [-0.1, -0.05) is 17.7 Å². The molecular formula is C12H12N2OS. The van der Waals surface area contributed by atoms with Crippen molar-refractivity contribution in [3.8, 4) is 0 Å². The average molecular weight is 232 g/mol. The summed E-state index contributed by atoms with van der Waals surface area (Å²) in [7, 11) is 0. The maximum absolute atomic E-state index is 10.5. The van der Waals surface area contributed by atoms with Crippen molar-refractivity contribution in [1.82, 2.24) is 9.97 Å². The van der Waals surface area contributed by atoms with Gasteiger partial charge in [0.25, 0.3) is 0 Å². The summed E-state index contributed by atoms with van der Waals surface area (Å²) in [5.74, 6) is 1.57. The Kier molecular flexibility index (Phi) is 3.41. The molecule has 2 aromatic rings. The van der Waals surface area contributed by atoms with Gasteiger partial charge in [0.05, 0.1) is 17.6 Å². The summed E-state index contributed by atoms with van der Waals surface area (Å²) in [5, 5.41) is 0. The first kappa shape index (κ1) is 11.0. The minimum Gasteiger partial charge on any atom is -0.339 e. The molecule has 0 spiro atoms. The summed E-state index contributed by atoms with van der Waals surface area (Å²) in [4.78, 5) is 18.7. The molecule has 1 heterocycles. The van der Waals surface area contributed by atoms with Crippen LogP contribution in [0.15, 0.2) is 35.4 Å². The zero-order valence-electron chi connectivity index (χ0n) is 8.93. The Labute approximate surface area is 98.3 Å². The number of thioether (sulfide) groups is 1. The lowest BCUT2D eigenvalue weighted by Gasteiger charge is -2.00. The number of nitrogens with zero attached hydrogens (tertiary/aromatic N) is 1. The first-order valence-electron chi connectivity index (χ1n) is 4.96. The molecule has 1 aromatic carbocycles. The van der Waals surface area contributed by atoms with Crippen molar-refractivity contribution >= 4 is 18.0 Å². The van der Waals surface area contributed by atoms with Gasteiger partial charge in [-0.3, -0.25) is 4.79 Å². The summed E-state index contributed by atoms with van der Waals surface area (Å²) >= 11 is 1.70. The minimum absolute atomic E-state index is 0.528. The highest BCUT2D eigenvalue weighted by Gasteiger charge is 2.01. The number of rotatable bonds is 4. The summed E-state index contributed by atoms with van der Waals surface area (Å²) in [6.07, 6.45) is 2.33. The number of aldehydes is 1. The molecule has 0 fully saturated rings. The van der Waals surface area contributed by atoms with Crippen LogP contribution < -0.4 is 0 Å². The highest BCUT2D eigenvalue weighted by atomic mass is 32.2. The number of hydrogen-bond acceptors (Lipinski definition) is 3. The molecular weight excluding hydrogens is 220 g/mol. The molecule has 0 saturated carbocycles. The molecule has 0 atom stereocenters. The van der Waals surface area contributed by atoms with E-state index >= 15 is 0 Å². The molecule has 82 valence electrons. The highest BCUT2D eigenvalue weighted by molar-refractivity contribution is 7.98. The molecule has 0 aliphatic heterocycles. The SMILES string of the molecule is Cc1cccc(SCc2ncc(C=O)[nH]2)c1. The van der Waals surface area contributed by atoms with Crippen LogP contribution in [0.25, 0.3) is 0 Å². The first-order valence-corrected chi connectivity index (χ1v) is 5.95. The van der Waals surface area contributed by atoms with Crippen LogP contribution in [0.5, 0.6) is 0 Å². The molecule has 0 unspecified atom stereocenters. The van der Waals surface area contributed by atoms with Crippen LogP contribution in [-0.4, -0.2) is 16.3 Å². The number of nitrogens with one attached hydrogen (secondary N) is 1. The van der Waals surface area contributed by atoms with E-state index in [1.54, 1.807) is 18.0 Å². The Hall–Kier alpha value is -1.55.